The largest absolute Gasteiger partial charge is 0.393 e. The van der Waals surface area contributed by atoms with Crippen LogP contribution in [0.4, 0.5) is 0 Å². The van der Waals surface area contributed by atoms with Crippen LogP contribution in [0.1, 0.15) is 131 Å². The SMILES string of the molecule is C=C(CCC(C)C1CCC2CCCC3CCC(CCC21C)C1(C)CCC(O)CC1C3)C(C)C.C=N. The van der Waals surface area contributed by atoms with Crippen molar-refractivity contribution in [3.63, 3.8) is 0 Å². The van der Waals surface area contributed by atoms with Crippen LogP contribution < -0.4 is 0 Å². The molecular formula is C33H59NO. The fourth-order valence-electron chi connectivity index (χ4n) is 9.51. The Bertz CT molecular complexity index is 687. The minimum atomic E-state index is -0.0297. The minimum Gasteiger partial charge on any atom is -0.393 e. The number of aliphatic hydroxyl groups is 1. The van der Waals surface area contributed by atoms with E-state index in [1.165, 1.54) is 89.0 Å². The van der Waals surface area contributed by atoms with E-state index in [2.05, 4.69) is 47.9 Å². The third kappa shape index (κ3) is 6.27. The molecule has 4 saturated carbocycles. The van der Waals surface area contributed by atoms with E-state index in [1.807, 2.05) is 0 Å². The lowest BCUT2D eigenvalue weighted by atomic mass is 9.56. The molecule has 202 valence electrons. The number of aliphatic hydroxyl groups excluding tert-OH is 1. The fourth-order valence-corrected chi connectivity index (χ4v) is 9.51. The zero-order valence-electron chi connectivity index (χ0n) is 24.1. The Labute approximate surface area is 218 Å². The second-order valence-electron chi connectivity index (χ2n) is 14.2. The molecule has 0 saturated heterocycles. The number of nitrogens with one attached hydrogen (secondary N) is 1. The van der Waals surface area contributed by atoms with Crippen molar-refractivity contribution < 1.29 is 5.11 Å². The van der Waals surface area contributed by atoms with Crippen molar-refractivity contribution in [1.82, 2.24) is 0 Å². The Morgan fingerprint density at radius 3 is 2.20 bits per heavy atom. The van der Waals surface area contributed by atoms with Gasteiger partial charge >= 0.3 is 0 Å². The highest BCUT2D eigenvalue weighted by atomic mass is 16.3. The Morgan fingerprint density at radius 2 is 1.49 bits per heavy atom. The van der Waals surface area contributed by atoms with E-state index in [4.69, 9.17) is 5.41 Å². The summed E-state index contributed by atoms with van der Waals surface area (Å²) in [5.41, 5.74) is 2.47. The van der Waals surface area contributed by atoms with Gasteiger partial charge in [-0.15, -0.1) is 0 Å². The van der Waals surface area contributed by atoms with Gasteiger partial charge in [-0.2, -0.15) is 0 Å². The van der Waals surface area contributed by atoms with Crippen molar-refractivity contribution in [3.05, 3.63) is 12.2 Å². The average Bonchev–Trinajstić information content (AvgIpc) is 3.07. The van der Waals surface area contributed by atoms with Gasteiger partial charge < -0.3 is 10.5 Å². The third-order valence-electron chi connectivity index (χ3n) is 12.2. The smallest absolute Gasteiger partial charge is 0.0543 e. The van der Waals surface area contributed by atoms with Gasteiger partial charge in [0.15, 0.2) is 0 Å². The van der Waals surface area contributed by atoms with Crippen molar-refractivity contribution in [2.45, 2.75) is 137 Å². The Kier molecular flexibility index (Phi) is 10.1. The van der Waals surface area contributed by atoms with E-state index in [-0.39, 0.29) is 6.10 Å². The topological polar surface area (TPSA) is 44.1 Å². The summed E-state index contributed by atoms with van der Waals surface area (Å²) in [5, 5.41) is 16.0. The number of allylic oxidation sites excluding steroid dienone is 1. The number of hydrogen-bond acceptors (Lipinski definition) is 2. The molecule has 2 heteroatoms. The quantitative estimate of drug-likeness (QED) is 0.295. The summed E-state index contributed by atoms with van der Waals surface area (Å²) >= 11 is 0. The van der Waals surface area contributed by atoms with Gasteiger partial charge in [0, 0.05) is 0 Å². The van der Waals surface area contributed by atoms with Gasteiger partial charge in [0.2, 0.25) is 0 Å². The molecule has 4 aliphatic carbocycles. The van der Waals surface area contributed by atoms with E-state index >= 15 is 0 Å². The highest BCUT2D eigenvalue weighted by Crippen LogP contribution is 2.60. The highest BCUT2D eigenvalue weighted by Gasteiger charge is 2.51. The summed E-state index contributed by atoms with van der Waals surface area (Å²) in [4.78, 5) is 0. The first-order valence-electron chi connectivity index (χ1n) is 15.3. The van der Waals surface area contributed by atoms with Crippen LogP contribution in [0.25, 0.3) is 0 Å². The second-order valence-corrected chi connectivity index (χ2v) is 14.2. The van der Waals surface area contributed by atoms with Crippen LogP contribution in [-0.2, 0) is 0 Å². The summed E-state index contributed by atoms with van der Waals surface area (Å²) < 4.78 is 0. The molecule has 9 atom stereocenters. The molecule has 2 bridgehead atoms. The van der Waals surface area contributed by atoms with Gasteiger partial charge in [-0.05, 0) is 136 Å². The van der Waals surface area contributed by atoms with Gasteiger partial charge in [0.25, 0.3) is 0 Å². The normalized spacial score (nSPS) is 42.6. The molecule has 0 aromatic heterocycles. The van der Waals surface area contributed by atoms with Crippen molar-refractivity contribution in [2.75, 3.05) is 0 Å². The van der Waals surface area contributed by atoms with Gasteiger partial charge in [0.05, 0.1) is 6.10 Å². The van der Waals surface area contributed by atoms with E-state index in [0.717, 1.165) is 48.3 Å². The van der Waals surface area contributed by atoms with E-state index in [9.17, 15) is 5.11 Å². The van der Waals surface area contributed by atoms with Gasteiger partial charge in [-0.3, -0.25) is 0 Å². The first-order chi connectivity index (χ1) is 16.6. The van der Waals surface area contributed by atoms with Crippen LogP contribution in [0, 0.1) is 57.7 Å². The molecule has 4 rings (SSSR count). The molecule has 4 aliphatic rings. The second kappa shape index (κ2) is 12.3. The molecule has 0 amide bonds. The summed E-state index contributed by atoms with van der Waals surface area (Å²) in [6, 6.07) is 0. The predicted molar refractivity (Wildman–Crippen MR) is 152 cm³/mol. The van der Waals surface area contributed by atoms with Crippen LogP contribution in [0.15, 0.2) is 12.2 Å². The number of hydrogen-bond donors (Lipinski definition) is 2. The number of rotatable bonds is 5. The van der Waals surface area contributed by atoms with E-state index < -0.39 is 0 Å². The van der Waals surface area contributed by atoms with Crippen LogP contribution in [0.5, 0.6) is 0 Å². The van der Waals surface area contributed by atoms with Crippen LogP contribution >= 0.6 is 0 Å². The van der Waals surface area contributed by atoms with Gasteiger partial charge in [-0.1, -0.05) is 66.0 Å². The third-order valence-corrected chi connectivity index (χ3v) is 12.2. The molecule has 0 aliphatic heterocycles. The molecule has 0 spiro atoms. The van der Waals surface area contributed by atoms with Crippen molar-refractivity contribution in [3.8, 4) is 0 Å². The summed E-state index contributed by atoms with van der Waals surface area (Å²) in [6.07, 6.45) is 20.5. The van der Waals surface area contributed by atoms with Crippen LogP contribution in [-0.4, -0.2) is 17.9 Å². The maximum Gasteiger partial charge on any atom is 0.0543 e. The van der Waals surface area contributed by atoms with Crippen LogP contribution in [0.3, 0.4) is 0 Å². The Hall–Kier alpha value is -0.630. The van der Waals surface area contributed by atoms with Crippen molar-refractivity contribution in [1.29, 1.82) is 5.41 Å². The van der Waals surface area contributed by atoms with Gasteiger partial charge in [-0.25, -0.2) is 0 Å². The first kappa shape index (κ1) is 28.9. The molecule has 0 aromatic rings. The average molecular weight is 486 g/mol. The number of fused-ring (bicyclic) bond motifs is 6. The lowest BCUT2D eigenvalue weighted by molar-refractivity contribution is -0.0304. The minimum absolute atomic E-state index is 0.0297. The maximum absolute atomic E-state index is 10.5. The molecule has 2 N–H and O–H groups in total. The first-order valence-corrected chi connectivity index (χ1v) is 15.3. The summed E-state index contributed by atoms with van der Waals surface area (Å²) in [6.45, 7) is 19.4. The van der Waals surface area contributed by atoms with Crippen molar-refractivity contribution >= 4 is 6.72 Å². The van der Waals surface area contributed by atoms with Gasteiger partial charge in [0.1, 0.15) is 0 Å². The Morgan fingerprint density at radius 1 is 0.829 bits per heavy atom. The standard InChI is InChI=1S/C32H56O.CH3N/c1-22(2)23(3)10-11-24(4)30-15-14-26-9-7-8-25-12-13-27(16-18-32(26,30)6)31(5)19-17-29(33)21-28(31)20-25;1-2/h22,24-30,33H,3,7-21H2,1-2,4-6H3;2H,1H2. The molecule has 9 unspecified atom stereocenters. The zero-order chi connectivity index (χ0) is 25.8. The molecule has 0 heterocycles. The molecule has 2 nitrogen and oxygen atoms in total. The lowest BCUT2D eigenvalue weighted by Crippen LogP contribution is -2.42. The van der Waals surface area contributed by atoms with E-state index in [0.29, 0.717) is 16.7 Å². The molecule has 35 heavy (non-hydrogen) atoms. The lowest BCUT2D eigenvalue weighted by Gasteiger charge is -2.49. The zero-order valence-corrected chi connectivity index (χ0v) is 24.1. The monoisotopic (exact) mass is 485 g/mol. The van der Waals surface area contributed by atoms with E-state index in [1.54, 1.807) is 0 Å². The van der Waals surface area contributed by atoms with Crippen molar-refractivity contribution in [2.24, 2.45) is 52.3 Å². The van der Waals surface area contributed by atoms with Crippen LogP contribution in [0.2, 0.25) is 0 Å². The highest BCUT2D eigenvalue weighted by molar-refractivity contribution is 5.15. The predicted octanol–water partition coefficient (Wildman–Crippen LogP) is 9.46. The fraction of sp³-hybridized carbons (Fsp3) is 0.909. The molecular weight excluding hydrogens is 426 g/mol. The molecule has 0 radical (unpaired) electrons. The molecule has 0 aromatic carbocycles. The summed E-state index contributed by atoms with van der Waals surface area (Å²) in [7, 11) is 0. The molecule has 4 fully saturated rings. The Balaban J connectivity index is 0.00000167. The summed E-state index contributed by atoms with van der Waals surface area (Å²) in [5.74, 6) is 5.88. The maximum atomic E-state index is 10.5.